The van der Waals surface area contributed by atoms with E-state index in [2.05, 4.69) is 0 Å². The lowest BCUT2D eigenvalue weighted by Gasteiger charge is -2.30. The highest BCUT2D eigenvalue weighted by molar-refractivity contribution is 6.30. The maximum Gasteiger partial charge on any atom is 0.394 e. The van der Waals surface area contributed by atoms with Crippen LogP contribution in [0, 0.1) is 17.7 Å². The van der Waals surface area contributed by atoms with Gasteiger partial charge in [0.05, 0.1) is 17.3 Å². The quantitative estimate of drug-likeness (QED) is 0.815. The van der Waals surface area contributed by atoms with E-state index in [0.717, 1.165) is 11.0 Å². The Morgan fingerprint density at radius 3 is 2.28 bits per heavy atom. The summed E-state index contributed by atoms with van der Waals surface area (Å²) in [5.74, 6) is -7.04. The van der Waals surface area contributed by atoms with Crippen molar-refractivity contribution >= 4 is 23.5 Å². The maximum absolute atomic E-state index is 14.1. The normalized spacial score (nSPS) is 21.5. The van der Waals surface area contributed by atoms with Crippen LogP contribution in [0.1, 0.15) is 19.4 Å². The van der Waals surface area contributed by atoms with Gasteiger partial charge in [0.15, 0.2) is 0 Å². The van der Waals surface area contributed by atoms with E-state index in [4.69, 9.17) is 16.7 Å². The highest BCUT2D eigenvalue weighted by Crippen LogP contribution is 2.40. The fourth-order valence-electron chi connectivity index (χ4n) is 3.06. The van der Waals surface area contributed by atoms with Crippen molar-refractivity contribution in [3.63, 3.8) is 0 Å². The van der Waals surface area contributed by atoms with Gasteiger partial charge < -0.3 is 10.0 Å². The molecule has 1 aromatic rings. The molecular weight excluding hydrogens is 366 g/mol. The summed E-state index contributed by atoms with van der Waals surface area (Å²) in [4.78, 5) is 24.7. The summed E-state index contributed by atoms with van der Waals surface area (Å²) in [6.07, 6.45) is -4.74. The standard InChI is InChI=1S/C16H16ClF4NO3/c1-15(2,10-4-3-8(17)5-12(10)18)14(25)22-6-9(13(23)24)11(7-22)16(19,20)21/h3-5,9,11H,6-7H2,1-2H3,(H,23,24)/t9-,11-/m1/s1. The van der Waals surface area contributed by atoms with Gasteiger partial charge in [-0.3, -0.25) is 9.59 Å². The number of benzene rings is 1. The van der Waals surface area contributed by atoms with Gasteiger partial charge in [0.2, 0.25) is 5.91 Å². The molecule has 1 heterocycles. The van der Waals surface area contributed by atoms with Crippen LogP contribution in [0.25, 0.3) is 0 Å². The van der Waals surface area contributed by atoms with Crippen molar-refractivity contribution in [2.75, 3.05) is 13.1 Å². The van der Waals surface area contributed by atoms with Gasteiger partial charge >= 0.3 is 12.1 Å². The molecule has 1 fully saturated rings. The molecule has 0 saturated carbocycles. The molecule has 1 aliphatic heterocycles. The van der Waals surface area contributed by atoms with Crippen molar-refractivity contribution < 1.29 is 32.3 Å². The van der Waals surface area contributed by atoms with Gasteiger partial charge in [-0.1, -0.05) is 17.7 Å². The molecule has 1 aromatic carbocycles. The number of amides is 1. The number of carboxylic acid groups (broad SMARTS) is 1. The second-order valence-electron chi connectivity index (χ2n) is 6.55. The Morgan fingerprint density at radius 1 is 1.24 bits per heavy atom. The first-order chi connectivity index (χ1) is 11.4. The first-order valence-electron chi connectivity index (χ1n) is 7.40. The number of carboxylic acids is 1. The van der Waals surface area contributed by atoms with Crippen LogP contribution in [0.5, 0.6) is 0 Å². The molecule has 0 aliphatic carbocycles. The highest BCUT2D eigenvalue weighted by Gasteiger charge is 2.54. The largest absolute Gasteiger partial charge is 0.481 e. The first kappa shape index (κ1) is 19.5. The Morgan fingerprint density at radius 2 is 1.84 bits per heavy atom. The average molecular weight is 382 g/mol. The van der Waals surface area contributed by atoms with Gasteiger partial charge in [-0.05, 0) is 26.0 Å². The van der Waals surface area contributed by atoms with Crippen molar-refractivity contribution in [1.29, 1.82) is 0 Å². The van der Waals surface area contributed by atoms with Crippen LogP contribution in [-0.2, 0) is 15.0 Å². The summed E-state index contributed by atoms with van der Waals surface area (Å²) >= 11 is 5.67. The van der Waals surface area contributed by atoms with Crippen molar-refractivity contribution in [1.82, 2.24) is 4.90 Å². The molecule has 2 atom stereocenters. The fourth-order valence-corrected chi connectivity index (χ4v) is 3.22. The monoisotopic (exact) mass is 381 g/mol. The smallest absolute Gasteiger partial charge is 0.394 e. The molecule has 1 amide bonds. The Balaban J connectivity index is 2.32. The summed E-state index contributed by atoms with van der Waals surface area (Å²) in [7, 11) is 0. The second-order valence-corrected chi connectivity index (χ2v) is 6.99. The van der Waals surface area contributed by atoms with Crippen molar-refractivity contribution in [3.05, 3.63) is 34.6 Å². The number of alkyl halides is 3. The Kier molecular flexibility index (Phi) is 5.05. The van der Waals surface area contributed by atoms with E-state index >= 15 is 0 Å². The molecule has 9 heteroatoms. The molecule has 0 unspecified atom stereocenters. The molecule has 138 valence electrons. The molecule has 0 aromatic heterocycles. The third-order valence-corrected chi connectivity index (χ3v) is 4.72. The van der Waals surface area contributed by atoms with Crippen LogP contribution in [0.3, 0.4) is 0 Å². The lowest BCUT2D eigenvalue weighted by atomic mass is 9.83. The third-order valence-electron chi connectivity index (χ3n) is 4.48. The Bertz CT molecular complexity index is 705. The topological polar surface area (TPSA) is 57.6 Å². The van der Waals surface area contributed by atoms with E-state index in [-0.39, 0.29) is 10.6 Å². The van der Waals surface area contributed by atoms with Crippen LogP contribution in [0.4, 0.5) is 17.6 Å². The molecular formula is C16H16ClF4NO3. The number of aliphatic carboxylic acids is 1. The minimum absolute atomic E-state index is 0.0239. The zero-order valence-electron chi connectivity index (χ0n) is 13.4. The highest BCUT2D eigenvalue weighted by atomic mass is 35.5. The van der Waals surface area contributed by atoms with E-state index < -0.39 is 54.2 Å². The molecule has 1 aliphatic rings. The Labute approximate surface area is 146 Å². The van der Waals surface area contributed by atoms with Crippen LogP contribution >= 0.6 is 11.6 Å². The molecule has 25 heavy (non-hydrogen) atoms. The van der Waals surface area contributed by atoms with Gasteiger partial charge in [-0.2, -0.15) is 13.2 Å². The number of hydrogen-bond donors (Lipinski definition) is 1. The number of carbonyl (C=O) groups is 2. The number of rotatable bonds is 3. The summed E-state index contributed by atoms with van der Waals surface area (Å²) in [5.41, 5.74) is -1.50. The van der Waals surface area contributed by atoms with Gasteiger partial charge in [0.1, 0.15) is 5.82 Å². The van der Waals surface area contributed by atoms with E-state index in [9.17, 15) is 27.2 Å². The number of hydrogen-bond acceptors (Lipinski definition) is 2. The third kappa shape index (κ3) is 3.73. The van der Waals surface area contributed by atoms with Crippen LogP contribution in [0.15, 0.2) is 18.2 Å². The molecule has 1 N–H and O–H groups in total. The molecule has 1 saturated heterocycles. The summed E-state index contributed by atoms with van der Waals surface area (Å²) in [6, 6.07) is 3.67. The fraction of sp³-hybridized carbons (Fsp3) is 0.500. The SMILES string of the molecule is CC(C)(C(=O)N1C[C@@H](C(F)(F)F)[C@H](C(=O)O)C1)c1ccc(Cl)cc1F. The number of halogens is 5. The van der Waals surface area contributed by atoms with Crippen molar-refractivity contribution in [3.8, 4) is 0 Å². The van der Waals surface area contributed by atoms with Crippen molar-refractivity contribution in [2.45, 2.75) is 25.4 Å². The number of likely N-dealkylation sites (tertiary alicyclic amines) is 1. The minimum atomic E-state index is -4.74. The predicted octanol–water partition coefficient (Wildman–Crippen LogP) is 3.48. The number of carbonyl (C=O) groups excluding carboxylic acids is 1. The van der Waals surface area contributed by atoms with Gasteiger partial charge in [0, 0.05) is 23.7 Å². The molecule has 0 bridgehead atoms. The molecule has 0 radical (unpaired) electrons. The zero-order chi connectivity index (χ0) is 19.2. The molecule has 0 spiro atoms. The van der Waals surface area contributed by atoms with Crippen LogP contribution in [-0.4, -0.2) is 41.1 Å². The van der Waals surface area contributed by atoms with Crippen molar-refractivity contribution in [2.24, 2.45) is 11.8 Å². The Hall–Kier alpha value is -1.83. The maximum atomic E-state index is 14.1. The van der Waals surface area contributed by atoms with Crippen LogP contribution in [0.2, 0.25) is 5.02 Å². The summed E-state index contributed by atoms with van der Waals surface area (Å²) in [6.45, 7) is 1.41. The zero-order valence-corrected chi connectivity index (χ0v) is 14.2. The summed E-state index contributed by atoms with van der Waals surface area (Å²) in [5, 5.41) is 9.15. The van der Waals surface area contributed by atoms with E-state index in [1.807, 2.05) is 0 Å². The van der Waals surface area contributed by atoms with Gasteiger partial charge in [0.25, 0.3) is 0 Å². The summed E-state index contributed by atoms with van der Waals surface area (Å²) < 4.78 is 53.3. The van der Waals surface area contributed by atoms with E-state index in [1.54, 1.807) is 0 Å². The molecule has 4 nitrogen and oxygen atoms in total. The van der Waals surface area contributed by atoms with E-state index in [1.165, 1.54) is 26.0 Å². The lowest BCUT2D eigenvalue weighted by Crippen LogP contribution is -2.43. The van der Waals surface area contributed by atoms with Gasteiger partial charge in [-0.15, -0.1) is 0 Å². The number of nitrogens with zero attached hydrogens (tertiary/aromatic N) is 1. The first-order valence-corrected chi connectivity index (χ1v) is 7.78. The van der Waals surface area contributed by atoms with Gasteiger partial charge in [-0.25, -0.2) is 4.39 Å². The second kappa shape index (κ2) is 6.48. The predicted molar refractivity (Wildman–Crippen MR) is 81.7 cm³/mol. The van der Waals surface area contributed by atoms with Crippen LogP contribution < -0.4 is 0 Å². The minimum Gasteiger partial charge on any atom is -0.481 e. The van der Waals surface area contributed by atoms with E-state index in [0.29, 0.717) is 0 Å². The molecule has 2 rings (SSSR count). The lowest BCUT2D eigenvalue weighted by molar-refractivity contribution is -0.188. The average Bonchev–Trinajstić information content (AvgIpc) is 2.91.